The molecule has 1 rings (SSSR count). The van der Waals surface area contributed by atoms with Crippen LogP contribution in [0, 0.1) is 6.92 Å². The van der Waals surface area contributed by atoms with E-state index >= 15 is 0 Å². The minimum atomic E-state index is -2.37. The third-order valence-electron chi connectivity index (χ3n) is 2.58. The van der Waals surface area contributed by atoms with E-state index in [-0.39, 0.29) is 19.1 Å². The summed E-state index contributed by atoms with van der Waals surface area (Å²) in [6.45, 7) is 1.83. The molecule has 0 bridgehead atoms. The highest BCUT2D eigenvalue weighted by molar-refractivity contribution is 5.37. The van der Waals surface area contributed by atoms with Gasteiger partial charge in [-0.3, -0.25) is 0 Å². The Morgan fingerprint density at radius 3 is 2.59 bits per heavy atom. The van der Waals surface area contributed by atoms with Crippen LogP contribution in [0.1, 0.15) is 17.2 Å². The molecule has 0 heterocycles. The van der Waals surface area contributed by atoms with E-state index in [0.29, 0.717) is 0 Å². The lowest BCUT2D eigenvalue weighted by Gasteiger charge is -2.18. The maximum Gasteiger partial charge on any atom is 0.250 e. The zero-order chi connectivity index (χ0) is 12.8. The van der Waals surface area contributed by atoms with Crippen LogP contribution in [0.5, 0.6) is 5.75 Å². The Kier molecular flexibility index (Phi) is 5.31. The molecular weight excluding hydrogens is 226 g/mol. The van der Waals surface area contributed by atoms with Gasteiger partial charge in [0.05, 0.1) is 13.7 Å². The van der Waals surface area contributed by atoms with Crippen molar-refractivity contribution in [1.29, 1.82) is 0 Å². The SMILES string of the molecule is COc1ccc(C(CN)NCC(F)F)cc1C. The summed E-state index contributed by atoms with van der Waals surface area (Å²) in [5.74, 6) is 0.776. The summed E-state index contributed by atoms with van der Waals surface area (Å²) in [7, 11) is 1.59. The van der Waals surface area contributed by atoms with Crippen molar-refractivity contribution in [3.8, 4) is 5.75 Å². The first kappa shape index (κ1) is 13.9. The second kappa shape index (κ2) is 6.51. The number of alkyl halides is 2. The van der Waals surface area contributed by atoms with E-state index in [9.17, 15) is 8.78 Å². The van der Waals surface area contributed by atoms with Crippen LogP contribution in [0.15, 0.2) is 18.2 Å². The second-order valence-electron chi connectivity index (χ2n) is 3.82. The molecule has 1 aromatic rings. The molecule has 3 nitrogen and oxygen atoms in total. The van der Waals surface area contributed by atoms with Gasteiger partial charge >= 0.3 is 0 Å². The topological polar surface area (TPSA) is 47.3 Å². The monoisotopic (exact) mass is 244 g/mol. The number of halogens is 2. The van der Waals surface area contributed by atoms with E-state index in [1.807, 2.05) is 25.1 Å². The Balaban J connectivity index is 2.78. The molecule has 1 aromatic carbocycles. The highest BCUT2D eigenvalue weighted by atomic mass is 19.3. The van der Waals surface area contributed by atoms with Gasteiger partial charge in [-0.15, -0.1) is 0 Å². The minimum absolute atomic E-state index is 0.256. The van der Waals surface area contributed by atoms with Gasteiger partial charge in [-0.05, 0) is 24.1 Å². The molecule has 1 atom stereocenters. The summed E-state index contributed by atoms with van der Waals surface area (Å²) in [4.78, 5) is 0. The van der Waals surface area contributed by atoms with Crippen LogP contribution in [-0.4, -0.2) is 26.6 Å². The molecule has 0 aromatic heterocycles. The van der Waals surface area contributed by atoms with Crippen LogP contribution in [0.2, 0.25) is 0 Å². The maximum absolute atomic E-state index is 12.1. The molecule has 96 valence electrons. The molecule has 0 saturated carbocycles. The molecule has 0 aliphatic rings. The quantitative estimate of drug-likeness (QED) is 0.803. The van der Waals surface area contributed by atoms with E-state index in [1.54, 1.807) is 7.11 Å². The van der Waals surface area contributed by atoms with Crippen molar-refractivity contribution in [3.63, 3.8) is 0 Å². The van der Waals surface area contributed by atoms with Gasteiger partial charge in [0.25, 0.3) is 6.43 Å². The number of hydrogen-bond donors (Lipinski definition) is 2. The zero-order valence-electron chi connectivity index (χ0n) is 10.0. The summed E-state index contributed by atoms with van der Waals surface area (Å²) >= 11 is 0. The summed E-state index contributed by atoms with van der Waals surface area (Å²) in [5.41, 5.74) is 7.43. The van der Waals surface area contributed by atoms with E-state index < -0.39 is 6.43 Å². The van der Waals surface area contributed by atoms with Gasteiger partial charge in [-0.1, -0.05) is 12.1 Å². The Bertz CT molecular complexity index is 358. The van der Waals surface area contributed by atoms with Crippen LogP contribution < -0.4 is 15.8 Å². The fraction of sp³-hybridized carbons (Fsp3) is 0.500. The molecule has 0 aliphatic heterocycles. The molecule has 0 spiro atoms. The standard InChI is InChI=1S/C12H18F2N2O/c1-8-5-9(3-4-11(8)17-2)10(6-15)16-7-12(13)14/h3-5,10,12,16H,6-7,15H2,1-2H3. The predicted octanol–water partition coefficient (Wildman–Crippen LogP) is 1.86. The van der Waals surface area contributed by atoms with E-state index in [4.69, 9.17) is 10.5 Å². The normalized spacial score (nSPS) is 12.8. The largest absolute Gasteiger partial charge is 0.496 e. The average Bonchev–Trinajstić information content (AvgIpc) is 2.29. The molecule has 0 radical (unpaired) electrons. The lowest BCUT2D eigenvalue weighted by atomic mass is 10.0. The van der Waals surface area contributed by atoms with Gasteiger partial charge in [-0.2, -0.15) is 0 Å². The van der Waals surface area contributed by atoms with Crippen molar-refractivity contribution in [3.05, 3.63) is 29.3 Å². The fourth-order valence-corrected chi connectivity index (χ4v) is 1.69. The van der Waals surface area contributed by atoms with Crippen molar-refractivity contribution < 1.29 is 13.5 Å². The molecule has 1 unspecified atom stereocenters. The summed E-state index contributed by atoms with van der Waals surface area (Å²) in [5, 5.41) is 2.73. The molecule has 0 aliphatic carbocycles. The molecule has 0 amide bonds. The highest BCUT2D eigenvalue weighted by Gasteiger charge is 2.12. The number of ether oxygens (including phenoxy) is 1. The second-order valence-corrected chi connectivity index (χ2v) is 3.82. The van der Waals surface area contributed by atoms with Gasteiger partial charge in [0.15, 0.2) is 0 Å². The Morgan fingerprint density at radius 2 is 2.12 bits per heavy atom. The summed E-state index contributed by atoms with van der Waals surface area (Å²) in [6.07, 6.45) is -2.37. The number of rotatable bonds is 6. The van der Waals surface area contributed by atoms with Gasteiger partial charge in [0.1, 0.15) is 5.75 Å². The number of aryl methyl sites for hydroxylation is 1. The van der Waals surface area contributed by atoms with E-state index in [1.165, 1.54) is 0 Å². The lowest BCUT2D eigenvalue weighted by Crippen LogP contribution is -2.31. The van der Waals surface area contributed by atoms with Gasteiger partial charge in [0, 0.05) is 12.6 Å². The molecule has 5 heteroatoms. The minimum Gasteiger partial charge on any atom is -0.496 e. The fourth-order valence-electron chi connectivity index (χ4n) is 1.69. The third-order valence-corrected chi connectivity index (χ3v) is 2.58. The number of benzene rings is 1. The van der Waals surface area contributed by atoms with E-state index in [2.05, 4.69) is 5.32 Å². The average molecular weight is 244 g/mol. The Hall–Kier alpha value is -1.20. The van der Waals surface area contributed by atoms with Crippen molar-refractivity contribution >= 4 is 0 Å². The third kappa shape index (κ3) is 3.94. The highest BCUT2D eigenvalue weighted by Crippen LogP contribution is 2.22. The van der Waals surface area contributed by atoms with Crippen LogP contribution in [-0.2, 0) is 0 Å². The first-order valence-corrected chi connectivity index (χ1v) is 5.44. The van der Waals surface area contributed by atoms with Gasteiger partial charge in [-0.25, -0.2) is 8.78 Å². The smallest absolute Gasteiger partial charge is 0.250 e. The van der Waals surface area contributed by atoms with Crippen LogP contribution >= 0.6 is 0 Å². The van der Waals surface area contributed by atoms with Gasteiger partial charge < -0.3 is 15.8 Å². The number of nitrogens with two attached hydrogens (primary N) is 1. The van der Waals surface area contributed by atoms with Crippen LogP contribution in [0.4, 0.5) is 8.78 Å². The van der Waals surface area contributed by atoms with Crippen molar-refractivity contribution in [2.45, 2.75) is 19.4 Å². The number of methoxy groups -OCH3 is 1. The molecule has 0 saturated heterocycles. The Morgan fingerprint density at radius 1 is 1.41 bits per heavy atom. The summed E-state index contributed by atoms with van der Waals surface area (Å²) < 4.78 is 29.4. The molecule has 17 heavy (non-hydrogen) atoms. The van der Waals surface area contributed by atoms with Gasteiger partial charge in [0.2, 0.25) is 0 Å². The number of nitrogens with one attached hydrogen (secondary N) is 1. The molecular formula is C12H18F2N2O. The molecule has 0 fully saturated rings. The van der Waals surface area contributed by atoms with Crippen LogP contribution in [0.3, 0.4) is 0 Å². The maximum atomic E-state index is 12.1. The predicted molar refractivity (Wildman–Crippen MR) is 63.5 cm³/mol. The molecule has 3 N–H and O–H groups in total. The Labute approximate surface area is 100.0 Å². The van der Waals surface area contributed by atoms with Crippen molar-refractivity contribution in [2.75, 3.05) is 20.2 Å². The lowest BCUT2D eigenvalue weighted by molar-refractivity contribution is 0.141. The van der Waals surface area contributed by atoms with Crippen molar-refractivity contribution in [2.24, 2.45) is 5.73 Å². The summed E-state index contributed by atoms with van der Waals surface area (Å²) in [6, 6.07) is 5.29. The van der Waals surface area contributed by atoms with E-state index in [0.717, 1.165) is 16.9 Å². The first-order chi connectivity index (χ1) is 8.08. The van der Waals surface area contributed by atoms with Crippen LogP contribution in [0.25, 0.3) is 0 Å². The number of hydrogen-bond acceptors (Lipinski definition) is 3. The zero-order valence-corrected chi connectivity index (χ0v) is 10.0. The first-order valence-electron chi connectivity index (χ1n) is 5.44. The van der Waals surface area contributed by atoms with Crippen molar-refractivity contribution in [1.82, 2.24) is 5.32 Å².